The lowest BCUT2D eigenvalue weighted by molar-refractivity contribution is 0.0920. The average Bonchev–Trinajstić information content (AvgIpc) is 3.32. The Hall–Kier alpha value is -2.82. The van der Waals surface area contributed by atoms with Gasteiger partial charge in [-0.3, -0.25) is 9.48 Å². The zero-order chi connectivity index (χ0) is 21.0. The molecule has 6 nitrogen and oxygen atoms in total. The summed E-state index contributed by atoms with van der Waals surface area (Å²) in [7, 11) is 0. The van der Waals surface area contributed by atoms with Gasteiger partial charge in [0.1, 0.15) is 12.4 Å². The molecule has 1 amide bonds. The van der Waals surface area contributed by atoms with E-state index < -0.39 is 41.5 Å². The van der Waals surface area contributed by atoms with Crippen molar-refractivity contribution in [2.75, 3.05) is 6.54 Å². The second-order valence-electron chi connectivity index (χ2n) is 5.88. The van der Waals surface area contributed by atoms with Crippen LogP contribution in [0, 0.1) is 23.3 Å². The number of benzene rings is 1. The Balaban J connectivity index is 1.51. The molecule has 2 aromatic heterocycles. The number of aryl methyl sites for hydroxylation is 1. The highest BCUT2D eigenvalue weighted by Crippen LogP contribution is 2.27. The number of furan rings is 1. The van der Waals surface area contributed by atoms with E-state index in [-0.39, 0.29) is 17.6 Å². The van der Waals surface area contributed by atoms with E-state index in [0.717, 1.165) is 4.47 Å². The monoisotopic (exact) mass is 475 g/mol. The Morgan fingerprint density at radius 3 is 2.59 bits per heavy atom. The highest BCUT2D eigenvalue weighted by molar-refractivity contribution is 9.10. The standard InChI is InChI=1S/C18H14BrF4N3O3/c19-10-7-25-26(8-10)5-1-4-24-18(27)14-3-2-11(29-14)9-28-17-15(22)12(20)6-13(21)16(17)23/h2-3,6-8H,1,4-5,9H2,(H,24,27). The smallest absolute Gasteiger partial charge is 0.286 e. The topological polar surface area (TPSA) is 69.3 Å². The summed E-state index contributed by atoms with van der Waals surface area (Å²) in [5.74, 6) is -8.17. The van der Waals surface area contributed by atoms with E-state index in [4.69, 9.17) is 9.15 Å². The number of halogens is 5. The third-order valence-electron chi connectivity index (χ3n) is 3.77. The van der Waals surface area contributed by atoms with Crippen molar-refractivity contribution in [3.8, 4) is 5.75 Å². The fourth-order valence-electron chi connectivity index (χ4n) is 2.39. The Labute approximate surface area is 170 Å². The molecule has 0 aliphatic carbocycles. The van der Waals surface area contributed by atoms with Crippen LogP contribution in [0.3, 0.4) is 0 Å². The van der Waals surface area contributed by atoms with E-state index in [1.54, 1.807) is 17.1 Å². The van der Waals surface area contributed by atoms with Gasteiger partial charge in [0.05, 0.1) is 10.7 Å². The number of ether oxygens (including phenoxy) is 1. The van der Waals surface area contributed by atoms with Crippen LogP contribution in [0.15, 0.2) is 39.5 Å². The Morgan fingerprint density at radius 1 is 1.21 bits per heavy atom. The minimum absolute atomic E-state index is 0.0417. The summed E-state index contributed by atoms with van der Waals surface area (Å²) in [4.78, 5) is 12.1. The summed E-state index contributed by atoms with van der Waals surface area (Å²) in [5, 5.41) is 6.74. The first kappa shape index (κ1) is 20.9. The molecule has 2 heterocycles. The molecule has 3 aromatic rings. The summed E-state index contributed by atoms with van der Waals surface area (Å²) >= 11 is 3.29. The number of nitrogens with one attached hydrogen (secondary N) is 1. The van der Waals surface area contributed by atoms with Crippen molar-refractivity contribution < 1.29 is 31.5 Å². The van der Waals surface area contributed by atoms with E-state index in [9.17, 15) is 22.4 Å². The normalized spacial score (nSPS) is 10.9. The van der Waals surface area contributed by atoms with E-state index in [0.29, 0.717) is 19.5 Å². The van der Waals surface area contributed by atoms with Crippen LogP contribution in [0.4, 0.5) is 17.6 Å². The maximum atomic E-state index is 13.6. The molecule has 0 atom stereocenters. The highest BCUT2D eigenvalue weighted by Gasteiger charge is 2.21. The lowest BCUT2D eigenvalue weighted by Crippen LogP contribution is -2.24. The maximum Gasteiger partial charge on any atom is 0.286 e. The number of amides is 1. The van der Waals surface area contributed by atoms with Crippen LogP contribution < -0.4 is 10.1 Å². The van der Waals surface area contributed by atoms with Crippen LogP contribution in [0.25, 0.3) is 0 Å². The van der Waals surface area contributed by atoms with Gasteiger partial charge in [0.25, 0.3) is 5.91 Å². The molecule has 154 valence electrons. The molecule has 1 aromatic carbocycles. The van der Waals surface area contributed by atoms with Crippen LogP contribution in [-0.4, -0.2) is 22.2 Å². The molecular weight excluding hydrogens is 462 g/mol. The Morgan fingerprint density at radius 2 is 1.93 bits per heavy atom. The third-order valence-corrected chi connectivity index (χ3v) is 4.18. The quantitative estimate of drug-likeness (QED) is 0.301. The minimum atomic E-state index is -1.65. The number of rotatable bonds is 8. The predicted octanol–water partition coefficient (Wildman–Crippen LogP) is 4.19. The van der Waals surface area contributed by atoms with E-state index >= 15 is 0 Å². The molecule has 3 rings (SSSR count). The minimum Gasteiger partial charge on any atom is -0.479 e. The second kappa shape index (κ2) is 9.12. The lowest BCUT2D eigenvalue weighted by atomic mass is 10.3. The summed E-state index contributed by atoms with van der Waals surface area (Å²) < 4.78 is 66.1. The summed E-state index contributed by atoms with van der Waals surface area (Å²) in [5.41, 5.74) is 0. The Bertz CT molecular complexity index is 996. The highest BCUT2D eigenvalue weighted by atomic mass is 79.9. The molecule has 29 heavy (non-hydrogen) atoms. The van der Waals surface area contributed by atoms with Crippen molar-refractivity contribution in [2.24, 2.45) is 0 Å². The number of hydrogen-bond acceptors (Lipinski definition) is 4. The first-order valence-corrected chi connectivity index (χ1v) is 9.15. The number of nitrogens with zero attached hydrogens (tertiary/aromatic N) is 2. The number of aromatic nitrogens is 2. The first-order chi connectivity index (χ1) is 13.8. The van der Waals surface area contributed by atoms with Gasteiger partial charge >= 0.3 is 0 Å². The molecule has 0 saturated heterocycles. The van der Waals surface area contributed by atoms with Crippen LogP contribution in [0.1, 0.15) is 22.7 Å². The van der Waals surface area contributed by atoms with E-state index in [1.165, 1.54) is 12.1 Å². The van der Waals surface area contributed by atoms with Crippen molar-refractivity contribution in [3.63, 3.8) is 0 Å². The number of hydrogen-bond donors (Lipinski definition) is 1. The zero-order valence-corrected chi connectivity index (χ0v) is 16.3. The lowest BCUT2D eigenvalue weighted by Gasteiger charge is -2.08. The van der Waals surface area contributed by atoms with Crippen molar-refractivity contribution >= 4 is 21.8 Å². The van der Waals surface area contributed by atoms with Gasteiger partial charge in [-0.15, -0.1) is 0 Å². The van der Waals surface area contributed by atoms with Crippen molar-refractivity contribution in [1.29, 1.82) is 0 Å². The first-order valence-electron chi connectivity index (χ1n) is 8.36. The molecule has 11 heteroatoms. The van der Waals surface area contributed by atoms with E-state index in [1.807, 2.05) is 0 Å². The third kappa shape index (κ3) is 5.17. The van der Waals surface area contributed by atoms with Gasteiger partial charge in [0, 0.05) is 25.4 Å². The van der Waals surface area contributed by atoms with Gasteiger partial charge < -0.3 is 14.5 Å². The average molecular weight is 476 g/mol. The van der Waals surface area contributed by atoms with Crippen LogP contribution in [-0.2, 0) is 13.2 Å². The van der Waals surface area contributed by atoms with Gasteiger partial charge in [0.2, 0.25) is 11.6 Å². The Kier molecular flexibility index (Phi) is 6.57. The van der Waals surface area contributed by atoms with Crippen molar-refractivity contribution in [3.05, 3.63) is 69.9 Å². The molecule has 0 unspecified atom stereocenters. The molecule has 0 bridgehead atoms. The molecular formula is C18H14BrF4N3O3. The summed E-state index contributed by atoms with van der Waals surface area (Å²) in [6.07, 6.45) is 4.08. The summed E-state index contributed by atoms with van der Waals surface area (Å²) in [6.45, 7) is 0.435. The van der Waals surface area contributed by atoms with Gasteiger partial charge in [-0.2, -0.15) is 13.9 Å². The molecule has 0 spiro atoms. The summed E-state index contributed by atoms with van der Waals surface area (Å²) in [6, 6.07) is 2.78. The molecule has 0 radical (unpaired) electrons. The van der Waals surface area contributed by atoms with Crippen molar-refractivity contribution in [1.82, 2.24) is 15.1 Å². The largest absolute Gasteiger partial charge is 0.479 e. The van der Waals surface area contributed by atoms with Gasteiger partial charge in [0.15, 0.2) is 23.1 Å². The number of carbonyl (C=O) groups excluding carboxylic acids is 1. The molecule has 1 N–H and O–H groups in total. The van der Waals surface area contributed by atoms with Gasteiger partial charge in [-0.05, 0) is 34.5 Å². The maximum absolute atomic E-state index is 13.6. The second-order valence-corrected chi connectivity index (χ2v) is 6.80. The SMILES string of the molecule is O=C(NCCCn1cc(Br)cn1)c1ccc(COc2c(F)c(F)cc(F)c2F)o1. The molecule has 0 saturated carbocycles. The van der Waals surface area contributed by atoms with Gasteiger partial charge in [-0.25, -0.2) is 8.78 Å². The van der Waals surface area contributed by atoms with Crippen LogP contribution >= 0.6 is 15.9 Å². The number of carbonyl (C=O) groups is 1. The van der Waals surface area contributed by atoms with Gasteiger partial charge in [-0.1, -0.05) is 0 Å². The fourth-order valence-corrected chi connectivity index (χ4v) is 2.72. The van der Waals surface area contributed by atoms with Crippen molar-refractivity contribution in [2.45, 2.75) is 19.6 Å². The van der Waals surface area contributed by atoms with Crippen LogP contribution in [0.2, 0.25) is 0 Å². The molecule has 0 aliphatic rings. The predicted molar refractivity (Wildman–Crippen MR) is 96.2 cm³/mol. The van der Waals surface area contributed by atoms with E-state index in [2.05, 4.69) is 26.3 Å². The van der Waals surface area contributed by atoms with Crippen LogP contribution in [0.5, 0.6) is 5.75 Å². The molecule has 0 aliphatic heterocycles. The fraction of sp³-hybridized carbons (Fsp3) is 0.222. The molecule has 0 fully saturated rings. The zero-order valence-electron chi connectivity index (χ0n) is 14.7.